The number of carbonyl (C=O) groups is 3. The number of unbranched alkanes of at least 4 members (excludes halogenated alkanes) is 45. The predicted molar refractivity (Wildman–Crippen MR) is 326 cm³/mol. The average Bonchev–Trinajstić information content (AvgIpc) is 3.41. The Hall–Kier alpha value is -2.37. The summed E-state index contributed by atoms with van der Waals surface area (Å²) >= 11 is 0. The van der Waals surface area contributed by atoms with Gasteiger partial charge in [-0.25, -0.2) is 0 Å². The lowest BCUT2D eigenvalue weighted by Crippen LogP contribution is -2.30. The number of allylic oxidation sites excluding steroid dienone is 6. The first-order valence-electron chi connectivity index (χ1n) is 33.5. The second-order valence-electron chi connectivity index (χ2n) is 22.7. The topological polar surface area (TPSA) is 78.9 Å². The standard InChI is InChI=1S/C69H128O6/c1-4-7-10-13-16-19-21-23-25-27-29-31-32-33-34-35-36-38-39-41-43-45-47-50-53-56-59-62-68(71)74-65-66(64-73-67(70)61-58-55-52-49-18-15-12-9-6-3)75-69(72)63-60-57-54-51-48-46-44-42-40-37-30-28-26-24-22-20-17-14-11-8-5-2/h22,24,28,30,40,42,66H,4-21,23,25-27,29,31-39,41,43-65H2,1-3H3/b24-22-,30-28-,42-40-. The summed E-state index contributed by atoms with van der Waals surface area (Å²) in [6.07, 6.45) is 78.9. The fourth-order valence-corrected chi connectivity index (χ4v) is 10.1. The van der Waals surface area contributed by atoms with E-state index in [1.165, 1.54) is 250 Å². The van der Waals surface area contributed by atoms with E-state index < -0.39 is 6.10 Å². The number of ether oxygens (including phenoxy) is 3. The van der Waals surface area contributed by atoms with Crippen LogP contribution in [0.4, 0.5) is 0 Å². The highest BCUT2D eigenvalue weighted by atomic mass is 16.6. The highest BCUT2D eigenvalue weighted by Crippen LogP contribution is 2.18. The highest BCUT2D eigenvalue weighted by molar-refractivity contribution is 5.71. The van der Waals surface area contributed by atoms with E-state index in [1.807, 2.05) is 0 Å². The van der Waals surface area contributed by atoms with Crippen LogP contribution in [0.5, 0.6) is 0 Å². The van der Waals surface area contributed by atoms with Crippen molar-refractivity contribution in [3.05, 3.63) is 36.5 Å². The van der Waals surface area contributed by atoms with Gasteiger partial charge in [0.15, 0.2) is 6.10 Å². The molecular formula is C69H128O6. The van der Waals surface area contributed by atoms with Crippen LogP contribution in [0.3, 0.4) is 0 Å². The maximum absolute atomic E-state index is 12.9. The fraction of sp³-hybridized carbons (Fsp3) is 0.870. The van der Waals surface area contributed by atoms with Crippen molar-refractivity contribution in [1.82, 2.24) is 0 Å². The summed E-state index contributed by atoms with van der Waals surface area (Å²) in [5.41, 5.74) is 0. The van der Waals surface area contributed by atoms with Crippen molar-refractivity contribution in [2.75, 3.05) is 13.2 Å². The summed E-state index contributed by atoms with van der Waals surface area (Å²) in [6, 6.07) is 0. The molecule has 0 saturated carbocycles. The summed E-state index contributed by atoms with van der Waals surface area (Å²) in [6.45, 7) is 6.66. The molecule has 0 N–H and O–H groups in total. The second kappa shape index (κ2) is 64.2. The molecule has 75 heavy (non-hydrogen) atoms. The molecule has 0 saturated heterocycles. The molecule has 1 unspecified atom stereocenters. The summed E-state index contributed by atoms with van der Waals surface area (Å²) in [7, 11) is 0. The first kappa shape index (κ1) is 72.6. The maximum atomic E-state index is 12.9. The van der Waals surface area contributed by atoms with Gasteiger partial charge in [0.1, 0.15) is 13.2 Å². The van der Waals surface area contributed by atoms with Gasteiger partial charge in [-0.15, -0.1) is 0 Å². The van der Waals surface area contributed by atoms with Crippen LogP contribution in [-0.2, 0) is 28.6 Å². The molecule has 0 aliphatic heterocycles. The lowest BCUT2D eigenvalue weighted by atomic mass is 10.0. The van der Waals surface area contributed by atoms with E-state index in [9.17, 15) is 14.4 Å². The normalized spacial score (nSPS) is 12.2. The Balaban J connectivity index is 4.14. The molecule has 0 spiro atoms. The molecule has 0 rings (SSSR count). The van der Waals surface area contributed by atoms with Crippen molar-refractivity contribution in [3.63, 3.8) is 0 Å². The largest absolute Gasteiger partial charge is 0.462 e. The third-order valence-electron chi connectivity index (χ3n) is 15.1. The number of rotatable bonds is 62. The van der Waals surface area contributed by atoms with E-state index in [4.69, 9.17) is 14.2 Å². The van der Waals surface area contributed by atoms with Crippen LogP contribution in [0.2, 0.25) is 0 Å². The Labute approximate surface area is 467 Å². The van der Waals surface area contributed by atoms with Gasteiger partial charge in [0.25, 0.3) is 0 Å². The van der Waals surface area contributed by atoms with Gasteiger partial charge in [0.05, 0.1) is 0 Å². The fourth-order valence-electron chi connectivity index (χ4n) is 10.1. The molecule has 0 aromatic rings. The van der Waals surface area contributed by atoms with Gasteiger partial charge in [-0.2, -0.15) is 0 Å². The Morgan fingerprint density at radius 3 is 0.747 bits per heavy atom. The minimum absolute atomic E-state index is 0.0726. The Bertz CT molecular complexity index is 1250. The minimum Gasteiger partial charge on any atom is -0.462 e. The molecule has 0 fully saturated rings. The first-order valence-corrected chi connectivity index (χ1v) is 33.5. The molecule has 0 aliphatic carbocycles. The molecule has 0 bridgehead atoms. The predicted octanol–water partition coefficient (Wildman–Crippen LogP) is 22.8. The zero-order valence-electron chi connectivity index (χ0n) is 50.6. The molecule has 0 heterocycles. The lowest BCUT2D eigenvalue weighted by molar-refractivity contribution is -0.167. The minimum atomic E-state index is -0.775. The smallest absolute Gasteiger partial charge is 0.306 e. The van der Waals surface area contributed by atoms with Gasteiger partial charge in [0.2, 0.25) is 0 Å². The quantitative estimate of drug-likeness (QED) is 0.0261. The number of esters is 3. The summed E-state index contributed by atoms with van der Waals surface area (Å²) < 4.78 is 16.9. The molecule has 1 atom stereocenters. The Morgan fingerprint density at radius 1 is 0.267 bits per heavy atom. The molecule has 0 aromatic heterocycles. The van der Waals surface area contributed by atoms with Crippen molar-refractivity contribution >= 4 is 17.9 Å². The van der Waals surface area contributed by atoms with Crippen LogP contribution in [0.1, 0.15) is 367 Å². The van der Waals surface area contributed by atoms with Crippen molar-refractivity contribution in [1.29, 1.82) is 0 Å². The summed E-state index contributed by atoms with van der Waals surface area (Å²) in [4.78, 5) is 38.2. The monoisotopic (exact) mass is 1050 g/mol. The molecule has 6 heteroatoms. The van der Waals surface area contributed by atoms with Crippen molar-refractivity contribution < 1.29 is 28.6 Å². The molecule has 0 aromatic carbocycles. The van der Waals surface area contributed by atoms with Crippen LogP contribution >= 0.6 is 0 Å². The second-order valence-corrected chi connectivity index (χ2v) is 22.7. The van der Waals surface area contributed by atoms with Crippen molar-refractivity contribution in [2.45, 2.75) is 374 Å². The third kappa shape index (κ3) is 62.4. The first-order chi connectivity index (χ1) is 37.0. The molecule has 0 radical (unpaired) electrons. The zero-order valence-corrected chi connectivity index (χ0v) is 50.6. The van der Waals surface area contributed by atoms with Crippen LogP contribution < -0.4 is 0 Å². The Kier molecular flexibility index (Phi) is 62.1. The van der Waals surface area contributed by atoms with Gasteiger partial charge in [-0.1, -0.05) is 327 Å². The van der Waals surface area contributed by atoms with Crippen molar-refractivity contribution in [2.24, 2.45) is 0 Å². The summed E-state index contributed by atoms with van der Waals surface area (Å²) in [5, 5.41) is 0. The van der Waals surface area contributed by atoms with Crippen LogP contribution in [-0.4, -0.2) is 37.2 Å². The molecule has 6 nitrogen and oxygen atoms in total. The van der Waals surface area contributed by atoms with Crippen LogP contribution in [0.15, 0.2) is 36.5 Å². The lowest BCUT2D eigenvalue weighted by Gasteiger charge is -2.18. The van der Waals surface area contributed by atoms with E-state index >= 15 is 0 Å². The SMILES string of the molecule is CCCCCCC/C=C\C/C=C\C/C=C\CCCCCCCCC(=O)OC(COC(=O)CCCCCCCCCCC)COC(=O)CCCCCCCCCCCCCCCCCCCCCCCCCCCCC. The molecular weight excluding hydrogens is 925 g/mol. The summed E-state index contributed by atoms with van der Waals surface area (Å²) in [5.74, 6) is -0.865. The molecule has 440 valence electrons. The zero-order chi connectivity index (χ0) is 54.3. The van der Waals surface area contributed by atoms with Gasteiger partial charge < -0.3 is 14.2 Å². The van der Waals surface area contributed by atoms with Gasteiger partial charge in [-0.3, -0.25) is 14.4 Å². The maximum Gasteiger partial charge on any atom is 0.306 e. The van der Waals surface area contributed by atoms with Crippen molar-refractivity contribution in [3.8, 4) is 0 Å². The highest BCUT2D eigenvalue weighted by Gasteiger charge is 2.19. The van der Waals surface area contributed by atoms with Gasteiger partial charge in [0, 0.05) is 19.3 Å². The van der Waals surface area contributed by atoms with E-state index in [1.54, 1.807) is 0 Å². The third-order valence-corrected chi connectivity index (χ3v) is 15.1. The number of carbonyl (C=O) groups excluding carboxylic acids is 3. The van der Waals surface area contributed by atoms with E-state index in [2.05, 4.69) is 57.2 Å². The molecule has 0 amide bonds. The van der Waals surface area contributed by atoms with E-state index in [0.29, 0.717) is 19.3 Å². The Morgan fingerprint density at radius 2 is 0.480 bits per heavy atom. The number of hydrogen-bond acceptors (Lipinski definition) is 6. The van der Waals surface area contributed by atoms with E-state index in [0.717, 1.165) is 77.0 Å². The van der Waals surface area contributed by atoms with Gasteiger partial charge >= 0.3 is 17.9 Å². The number of hydrogen-bond donors (Lipinski definition) is 0. The van der Waals surface area contributed by atoms with E-state index in [-0.39, 0.29) is 31.1 Å². The average molecular weight is 1050 g/mol. The van der Waals surface area contributed by atoms with Gasteiger partial charge in [-0.05, 0) is 57.8 Å². The van der Waals surface area contributed by atoms with Crippen LogP contribution in [0.25, 0.3) is 0 Å². The van der Waals surface area contributed by atoms with Crippen LogP contribution in [0, 0.1) is 0 Å². The molecule has 0 aliphatic rings.